The summed E-state index contributed by atoms with van der Waals surface area (Å²) in [5.41, 5.74) is 0.0600. The second-order valence-electron chi connectivity index (χ2n) is 6.31. The summed E-state index contributed by atoms with van der Waals surface area (Å²) >= 11 is 7.25. The van der Waals surface area contributed by atoms with Gasteiger partial charge in [-0.1, -0.05) is 11.6 Å². The third-order valence-corrected chi connectivity index (χ3v) is 10.2. The first kappa shape index (κ1) is 22.2. The van der Waals surface area contributed by atoms with Crippen LogP contribution >= 0.6 is 22.9 Å². The maximum absolute atomic E-state index is 13.0. The molecule has 2 aromatic rings. The molecule has 1 fully saturated rings. The summed E-state index contributed by atoms with van der Waals surface area (Å²) in [6.45, 7) is 1.81. The number of benzene rings is 1. The minimum absolute atomic E-state index is 0.0207. The number of ether oxygens (including phenoxy) is 1. The second kappa shape index (κ2) is 8.32. The van der Waals surface area contributed by atoms with Crippen LogP contribution in [0.5, 0.6) is 0 Å². The fourth-order valence-corrected chi connectivity index (χ4v) is 7.70. The van der Waals surface area contributed by atoms with Gasteiger partial charge in [0.1, 0.15) is 9.10 Å². The van der Waals surface area contributed by atoms with Crippen LogP contribution in [0.25, 0.3) is 0 Å². The Morgan fingerprint density at radius 2 is 1.59 bits per heavy atom. The topological polar surface area (TPSA) is 101 Å². The van der Waals surface area contributed by atoms with E-state index < -0.39 is 26.0 Å². The van der Waals surface area contributed by atoms with Crippen LogP contribution in [-0.4, -0.2) is 64.7 Å². The highest BCUT2D eigenvalue weighted by atomic mass is 35.5. The molecule has 0 radical (unpaired) electrons. The van der Waals surface area contributed by atoms with Crippen molar-refractivity contribution in [3.63, 3.8) is 0 Å². The molecule has 0 spiro atoms. The average Bonchev–Trinajstić information content (AvgIpc) is 3.15. The standard InChI is InChI=1S/C17H19ClN2O6S3/c1-12-3-6-16(27-12)29(24,25)20-9-7-19(8-10-20)28(22,23)15-11-13(17(21)26-2)4-5-14(15)18/h3-6,11H,7-10H2,1-2H3. The predicted molar refractivity (Wildman–Crippen MR) is 109 cm³/mol. The fraction of sp³-hybridized carbons (Fsp3) is 0.353. The summed E-state index contributed by atoms with van der Waals surface area (Å²) in [5.74, 6) is -0.680. The number of nitrogens with zero attached hydrogens (tertiary/aromatic N) is 2. The smallest absolute Gasteiger partial charge is 0.337 e. The minimum atomic E-state index is -4.01. The van der Waals surface area contributed by atoms with Gasteiger partial charge in [0.25, 0.3) is 10.0 Å². The van der Waals surface area contributed by atoms with Gasteiger partial charge in [-0.15, -0.1) is 11.3 Å². The Hall–Kier alpha value is -1.50. The second-order valence-corrected chi connectivity index (χ2v) is 12.1. The number of sulfonamides is 2. The molecule has 0 N–H and O–H groups in total. The van der Waals surface area contributed by atoms with Gasteiger partial charge >= 0.3 is 5.97 Å². The first-order valence-corrected chi connectivity index (χ1v) is 12.6. The molecule has 0 bridgehead atoms. The number of piperazine rings is 1. The molecular weight excluding hydrogens is 460 g/mol. The average molecular weight is 479 g/mol. The summed E-state index contributed by atoms with van der Waals surface area (Å²) < 4.78 is 58.8. The fourth-order valence-electron chi connectivity index (χ4n) is 2.91. The number of hydrogen-bond donors (Lipinski definition) is 0. The monoisotopic (exact) mass is 478 g/mol. The molecule has 0 saturated carbocycles. The van der Waals surface area contributed by atoms with Crippen molar-refractivity contribution in [1.29, 1.82) is 0 Å². The number of esters is 1. The van der Waals surface area contributed by atoms with E-state index in [1.54, 1.807) is 12.1 Å². The molecule has 8 nitrogen and oxygen atoms in total. The molecule has 1 aliphatic heterocycles. The highest BCUT2D eigenvalue weighted by molar-refractivity contribution is 7.91. The number of aryl methyl sites for hydroxylation is 1. The highest BCUT2D eigenvalue weighted by Gasteiger charge is 2.35. The van der Waals surface area contributed by atoms with E-state index in [0.717, 1.165) is 4.88 Å². The molecule has 3 rings (SSSR count). The highest BCUT2D eigenvalue weighted by Crippen LogP contribution is 2.29. The van der Waals surface area contributed by atoms with E-state index in [1.165, 1.54) is 45.3 Å². The number of carbonyl (C=O) groups excluding carboxylic acids is 1. The van der Waals surface area contributed by atoms with Gasteiger partial charge in [-0.05, 0) is 37.3 Å². The van der Waals surface area contributed by atoms with Gasteiger partial charge in [0, 0.05) is 31.1 Å². The predicted octanol–water partition coefficient (Wildman–Crippen LogP) is 2.19. The summed E-state index contributed by atoms with van der Waals surface area (Å²) in [6.07, 6.45) is 0. The third kappa shape index (κ3) is 4.35. The van der Waals surface area contributed by atoms with Gasteiger partial charge in [0.15, 0.2) is 0 Å². The number of methoxy groups -OCH3 is 1. The van der Waals surface area contributed by atoms with E-state index in [0.29, 0.717) is 0 Å². The van der Waals surface area contributed by atoms with E-state index in [9.17, 15) is 21.6 Å². The van der Waals surface area contributed by atoms with Crippen LogP contribution in [0.15, 0.2) is 39.4 Å². The molecule has 0 unspecified atom stereocenters. The Morgan fingerprint density at radius 3 is 2.10 bits per heavy atom. The van der Waals surface area contributed by atoms with Crippen LogP contribution in [0.3, 0.4) is 0 Å². The van der Waals surface area contributed by atoms with Crippen LogP contribution in [-0.2, 0) is 24.8 Å². The molecule has 12 heteroatoms. The largest absolute Gasteiger partial charge is 0.465 e. The van der Waals surface area contributed by atoms with Crippen LogP contribution in [0.2, 0.25) is 5.02 Å². The number of carbonyl (C=O) groups is 1. The molecule has 29 heavy (non-hydrogen) atoms. The first-order chi connectivity index (χ1) is 13.6. The Kier molecular flexibility index (Phi) is 6.37. The lowest BCUT2D eigenvalue weighted by Crippen LogP contribution is -2.50. The maximum atomic E-state index is 13.0. The van der Waals surface area contributed by atoms with Crippen molar-refractivity contribution in [2.75, 3.05) is 33.3 Å². The lowest BCUT2D eigenvalue weighted by molar-refractivity contribution is 0.0600. The van der Waals surface area contributed by atoms with Crippen molar-refractivity contribution in [2.24, 2.45) is 0 Å². The Morgan fingerprint density at radius 1 is 1.00 bits per heavy atom. The van der Waals surface area contributed by atoms with E-state index in [1.807, 2.05) is 6.92 Å². The number of thiophene rings is 1. The Bertz CT molecular complexity index is 1140. The summed E-state index contributed by atoms with van der Waals surface area (Å²) in [4.78, 5) is 12.4. The van der Waals surface area contributed by atoms with Crippen LogP contribution in [0, 0.1) is 6.92 Å². The number of hydrogen-bond acceptors (Lipinski definition) is 7. The van der Waals surface area contributed by atoms with Crippen molar-refractivity contribution >= 4 is 49.0 Å². The molecule has 158 valence electrons. The summed E-state index contributed by atoms with van der Waals surface area (Å²) in [5, 5.41) is -0.0261. The van der Waals surface area contributed by atoms with Crippen LogP contribution in [0.4, 0.5) is 0 Å². The van der Waals surface area contributed by atoms with E-state index in [2.05, 4.69) is 4.74 Å². The molecule has 2 heterocycles. The number of halogens is 1. The van der Waals surface area contributed by atoms with Gasteiger partial charge in [0.2, 0.25) is 10.0 Å². The van der Waals surface area contributed by atoms with Gasteiger partial charge < -0.3 is 4.74 Å². The molecule has 0 aliphatic carbocycles. The van der Waals surface area contributed by atoms with E-state index in [-0.39, 0.29) is 45.9 Å². The van der Waals surface area contributed by atoms with Gasteiger partial charge in [-0.25, -0.2) is 21.6 Å². The number of rotatable bonds is 5. The normalized spacial score (nSPS) is 16.7. The third-order valence-electron chi connectivity index (χ3n) is 4.48. The lowest BCUT2D eigenvalue weighted by atomic mass is 10.2. The molecule has 0 atom stereocenters. The van der Waals surface area contributed by atoms with Crippen molar-refractivity contribution in [3.05, 3.63) is 45.8 Å². The van der Waals surface area contributed by atoms with Crippen molar-refractivity contribution in [2.45, 2.75) is 16.0 Å². The zero-order valence-corrected chi connectivity index (χ0v) is 18.9. The summed E-state index contributed by atoms with van der Waals surface area (Å²) in [6, 6.07) is 7.15. The molecule has 1 aliphatic rings. The van der Waals surface area contributed by atoms with Crippen LogP contribution < -0.4 is 0 Å². The minimum Gasteiger partial charge on any atom is -0.465 e. The Balaban J connectivity index is 1.81. The summed E-state index contributed by atoms with van der Waals surface area (Å²) in [7, 11) is -6.48. The first-order valence-electron chi connectivity index (χ1n) is 8.52. The zero-order valence-electron chi connectivity index (χ0n) is 15.7. The van der Waals surface area contributed by atoms with E-state index in [4.69, 9.17) is 11.6 Å². The van der Waals surface area contributed by atoms with Gasteiger partial charge in [-0.3, -0.25) is 0 Å². The molecule has 0 amide bonds. The molecule has 1 saturated heterocycles. The molecule has 1 aromatic heterocycles. The van der Waals surface area contributed by atoms with Crippen molar-refractivity contribution < 1.29 is 26.4 Å². The molecule has 1 aromatic carbocycles. The molecular formula is C17H19ClN2O6S3. The zero-order chi connectivity index (χ0) is 21.4. The SMILES string of the molecule is COC(=O)c1ccc(Cl)c(S(=O)(=O)N2CCN(S(=O)(=O)c3ccc(C)s3)CC2)c1. The lowest BCUT2D eigenvalue weighted by Gasteiger charge is -2.33. The quantitative estimate of drug-likeness (QED) is 0.610. The van der Waals surface area contributed by atoms with Crippen molar-refractivity contribution in [1.82, 2.24) is 8.61 Å². The van der Waals surface area contributed by atoms with Crippen molar-refractivity contribution in [3.8, 4) is 0 Å². The van der Waals surface area contributed by atoms with Gasteiger partial charge in [0.05, 0.1) is 17.7 Å². The van der Waals surface area contributed by atoms with E-state index >= 15 is 0 Å². The van der Waals surface area contributed by atoms with Gasteiger partial charge in [-0.2, -0.15) is 8.61 Å². The Labute approximate surface area is 178 Å². The maximum Gasteiger partial charge on any atom is 0.337 e. The van der Waals surface area contributed by atoms with Crippen LogP contribution in [0.1, 0.15) is 15.2 Å².